The number of nitrogens with zero attached hydrogens (tertiary/aromatic N) is 1. The Morgan fingerprint density at radius 1 is 1.35 bits per heavy atom. The van der Waals surface area contributed by atoms with E-state index in [4.69, 9.17) is 5.73 Å². The second-order valence-corrected chi connectivity index (χ2v) is 6.34. The van der Waals surface area contributed by atoms with Gasteiger partial charge in [-0.2, -0.15) is 0 Å². The molecule has 1 unspecified atom stereocenters. The highest BCUT2D eigenvalue weighted by Crippen LogP contribution is 2.19. The average Bonchev–Trinajstić information content (AvgIpc) is 2.85. The fourth-order valence-corrected chi connectivity index (χ4v) is 2.61. The zero-order chi connectivity index (χ0) is 16.1. The molecule has 0 saturated carbocycles. The molecule has 2 rings (SSSR count). The van der Waals surface area contributed by atoms with Gasteiger partial charge in [-0.15, -0.1) is 12.4 Å². The Bertz CT molecular complexity index is 522. The Kier molecular flexibility index (Phi) is 7.52. The second kappa shape index (κ2) is 8.89. The van der Waals surface area contributed by atoms with Crippen LogP contribution in [0.25, 0.3) is 0 Å². The molecule has 3 N–H and O–H groups in total. The largest absolute Gasteiger partial charge is 0.354 e. The van der Waals surface area contributed by atoms with E-state index in [1.807, 2.05) is 49.1 Å². The SMILES string of the molecule is CC(C)[C@H](N)C(=O)NCC1CC(=O)N(Cc2ccccc2)C1.Cl. The van der Waals surface area contributed by atoms with Gasteiger partial charge in [0, 0.05) is 32.0 Å². The zero-order valence-corrected chi connectivity index (χ0v) is 14.5. The lowest BCUT2D eigenvalue weighted by atomic mass is 10.0. The molecule has 0 aliphatic carbocycles. The molecule has 1 aliphatic rings. The maximum atomic E-state index is 12.1. The minimum atomic E-state index is -0.488. The van der Waals surface area contributed by atoms with Crippen LogP contribution in [0.1, 0.15) is 25.8 Å². The first kappa shape index (κ1) is 19.5. The fourth-order valence-electron chi connectivity index (χ4n) is 2.61. The summed E-state index contributed by atoms with van der Waals surface area (Å²) in [6.07, 6.45) is 0.490. The van der Waals surface area contributed by atoms with E-state index in [9.17, 15) is 9.59 Å². The molecule has 1 saturated heterocycles. The van der Waals surface area contributed by atoms with Crippen molar-refractivity contribution in [1.29, 1.82) is 0 Å². The first-order valence-electron chi connectivity index (χ1n) is 7.82. The van der Waals surface area contributed by atoms with Crippen LogP contribution in [0.3, 0.4) is 0 Å². The third-order valence-corrected chi connectivity index (χ3v) is 4.10. The van der Waals surface area contributed by atoms with E-state index in [2.05, 4.69) is 5.32 Å². The van der Waals surface area contributed by atoms with Crippen molar-refractivity contribution in [2.24, 2.45) is 17.6 Å². The number of benzene rings is 1. The molecule has 128 valence electrons. The van der Waals surface area contributed by atoms with Crippen molar-refractivity contribution in [2.45, 2.75) is 32.9 Å². The average molecular weight is 340 g/mol. The highest BCUT2D eigenvalue weighted by molar-refractivity contribution is 5.85. The van der Waals surface area contributed by atoms with Crippen molar-refractivity contribution >= 4 is 24.2 Å². The Labute approximate surface area is 144 Å². The van der Waals surface area contributed by atoms with E-state index in [-0.39, 0.29) is 36.1 Å². The number of carbonyl (C=O) groups is 2. The molecule has 5 nitrogen and oxygen atoms in total. The van der Waals surface area contributed by atoms with Gasteiger partial charge in [-0.1, -0.05) is 44.2 Å². The van der Waals surface area contributed by atoms with Crippen molar-refractivity contribution in [3.63, 3.8) is 0 Å². The van der Waals surface area contributed by atoms with Gasteiger partial charge in [0.05, 0.1) is 6.04 Å². The minimum absolute atomic E-state index is 0. The summed E-state index contributed by atoms with van der Waals surface area (Å²) in [6, 6.07) is 9.46. The predicted molar refractivity (Wildman–Crippen MR) is 93.0 cm³/mol. The predicted octanol–water partition coefficient (Wildman–Crippen LogP) is 1.56. The highest BCUT2D eigenvalue weighted by atomic mass is 35.5. The summed E-state index contributed by atoms with van der Waals surface area (Å²) in [6.45, 7) is 5.67. The van der Waals surface area contributed by atoms with Gasteiger partial charge in [0.1, 0.15) is 0 Å². The summed E-state index contributed by atoms with van der Waals surface area (Å²) in [5, 5.41) is 2.87. The molecule has 23 heavy (non-hydrogen) atoms. The molecule has 1 heterocycles. The maximum absolute atomic E-state index is 12.1. The van der Waals surface area contributed by atoms with Crippen molar-refractivity contribution in [3.05, 3.63) is 35.9 Å². The topological polar surface area (TPSA) is 75.4 Å². The Morgan fingerprint density at radius 2 is 2.00 bits per heavy atom. The van der Waals surface area contributed by atoms with Crippen LogP contribution >= 0.6 is 12.4 Å². The second-order valence-electron chi connectivity index (χ2n) is 6.34. The van der Waals surface area contributed by atoms with Crippen LogP contribution in [0.4, 0.5) is 0 Å². The number of hydrogen-bond donors (Lipinski definition) is 2. The van der Waals surface area contributed by atoms with E-state index in [0.717, 1.165) is 5.56 Å². The number of amides is 2. The number of hydrogen-bond acceptors (Lipinski definition) is 3. The molecule has 0 spiro atoms. The third-order valence-electron chi connectivity index (χ3n) is 4.10. The molecular formula is C17H26ClN3O2. The van der Waals surface area contributed by atoms with Gasteiger partial charge >= 0.3 is 0 Å². The minimum Gasteiger partial charge on any atom is -0.354 e. The first-order valence-corrected chi connectivity index (χ1v) is 7.82. The summed E-state index contributed by atoms with van der Waals surface area (Å²) in [4.78, 5) is 25.8. The van der Waals surface area contributed by atoms with E-state index >= 15 is 0 Å². The van der Waals surface area contributed by atoms with Crippen molar-refractivity contribution in [2.75, 3.05) is 13.1 Å². The maximum Gasteiger partial charge on any atom is 0.237 e. The van der Waals surface area contributed by atoms with Crippen LogP contribution in [-0.2, 0) is 16.1 Å². The quantitative estimate of drug-likeness (QED) is 0.825. The first-order chi connectivity index (χ1) is 10.5. The van der Waals surface area contributed by atoms with Crippen molar-refractivity contribution in [1.82, 2.24) is 10.2 Å². The van der Waals surface area contributed by atoms with Gasteiger partial charge in [0.25, 0.3) is 0 Å². The number of nitrogens with one attached hydrogen (secondary N) is 1. The summed E-state index contributed by atoms with van der Waals surface area (Å²) in [5.41, 5.74) is 6.94. The highest BCUT2D eigenvalue weighted by Gasteiger charge is 2.30. The summed E-state index contributed by atoms with van der Waals surface area (Å²) < 4.78 is 0. The van der Waals surface area contributed by atoms with Crippen LogP contribution < -0.4 is 11.1 Å². The fraction of sp³-hybridized carbons (Fsp3) is 0.529. The van der Waals surface area contributed by atoms with Gasteiger partial charge in [-0.25, -0.2) is 0 Å². The molecule has 1 aliphatic heterocycles. The Hall–Kier alpha value is -1.59. The summed E-state index contributed by atoms with van der Waals surface area (Å²) in [7, 11) is 0. The molecule has 1 fully saturated rings. The molecule has 0 aromatic heterocycles. The molecule has 2 amide bonds. The van der Waals surface area contributed by atoms with E-state index in [1.165, 1.54) is 0 Å². The smallest absolute Gasteiger partial charge is 0.237 e. The Balaban J connectivity index is 0.00000264. The third kappa shape index (κ3) is 5.52. The molecular weight excluding hydrogens is 314 g/mol. The molecule has 6 heteroatoms. The van der Waals surface area contributed by atoms with Crippen molar-refractivity contribution < 1.29 is 9.59 Å². The molecule has 0 radical (unpaired) electrons. The molecule has 1 aromatic carbocycles. The number of halogens is 1. The van der Waals surface area contributed by atoms with E-state index < -0.39 is 6.04 Å². The molecule has 2 atom stereocenters. The van der Waals surface area contributed by atoms with Gasteiger partial charge in [0.2, 0.25) is 11.8 Å². The number of likely N-dealkylation sites (tertiary alicyclic amines) is 1. The van der Waals surface area contributed by atoms with E-state index in [1.54, 1.807) is 0 Å². The van der Waals surface area contributed by atoms with Gasteiger partial charge in [-0.05, 0) is 11.5 Å². The molecule has 1 aromatic rings. The molecule has 0 bridgehead atoms. The standard InChI is InChI=1S/C17H25N3O2.ClH/c1-12(2)16(18)17(22)19-9-14-8-15(21)20(11-14)10-13-6-4-3-5-7-13;/h3-7,12,14,16H,8-11,18H2,1-2H3,(H,19,22);1H/t14?,16-;/m0./s1. The van der Waals surface area contributed by atoms with E-state index in [0.29, 0.717) is 26.1 Å². The zero-order valence-electron chi connectivity index (χ0n) is 13.7. The van der Waals surface area contributed by atoms with Crippen LogP contribution in [0.15, 0.2) is 30.3 Å². The summed E-state index contributed by atoms with van der Waals surface area (Å²) >= 11 is 0. The van der Waals surface area contributed by atoms with Crippen LogP contribution in [0, 0.1) is 11.8 Å². The normalized spacial score (nSPS) is 18.7. The van der Waals surface area contributed by atoms with Crippen LogP contribution in [-0.4, -0.2) is 35.8 Å². The lowest BCUT2D eigenvalue weighted by Crippen LogP contribution is -2.45. The van der Waals surface area contributed by atoms with Gasteiger partial charge in [-0.3, -0.25) is 9.59 Å². The lowest BCUT2D eigenvalue weighted by molar-refractivity contribution is -0.128. The van der Waals surface area contributed by atoms with Gasteiger partial charge in [0.15, 0.2) is 0 Å². The van der Waals surface area contributed by atoms with Crippen molar-refractivity contribution in [3.8, 4) is 0 Å². The monoisotopic (exact) mass is 339 g/mol. The summed E-state index contributed by atoms with van der Waals surface area (Å²) in [5.74, 6) is 0.291. The lowest BCUT2D eigenvalue weighted by Gasteiger charge is -2.18. The number of rotatable bonds is 6. The van der Waals surface area contributed by atoms with Crippen LogP contribution in [0.2, 0.25) is 0 Å². The Morgan fingerprint density at radius 3 is 2.61 bits per heavy atom. The van der Waals surface area contributed by atoms with Crippen LogP contribution in [0.5, 0.6) is 0 Å². The number of nitrogens with two attached hydrogens (primary N) is 1. The number of carbonyl (C=O) groups excluding carboxylic acids is 2. The van der Waals surface area contributed by atoms with Gasteiger partial charge < -0.3 is 16.0 Å².